The maximum absolute atomic E-state index is 13.0. The van der Waals surface area contributed by atoms with Crippen LogP contribution < -0.4 is 0 Å². The van der Waals surface area contributed by atoms with Crippen molar-refractivity contribution < 1.29 is 19.1 Å². The Kier molecular flexibility index (Phi) is 3.06. The molecule has 1 aliphatic carbocycles. The third-order valence-corrected chi connectivity index (χ3v) is 4.08. The lowest BCUT2D eigenvalue weighted by atomic mass is 9.87. The van der Waals surface area contributed by atoms with Gasteiger partial charge in [-0.15, -0.1) is 0 Å². The standard InChI is InChI=1S/C18H12N2O4/c1-2-24-18(23)13-12-5-3-4-8-20(12)15-14(13)16(21)10-6-7-19-9-11(10)17(15)22/h3-9H,2H2,1H3. The summed E-state index contributed by atoms with van der Waals surface area (Å²) in [5.74, 6) is -1.31. The van der Waals surface area contributed by atoms with Crippen molar-refractivity contribution in [3.05, 3.63) is 70.8 Å². The van der Waals surface area contributed by atoms with Gasteiger partial charge in [0, 0.05) is 24.2 Å². The van der Waals surface area contributed by atoms with Crippen LogP contribution in [0.5, 0.6) is 0 Å². The fraction of sp³-hybridized carbons (Fsp3) is 0.111. The van der Waals surface area contributed by atoms with Crippen LogP contribution in [0.1, 0.15) is 49.3 Å². The van der Waals surface area contributed by atoms with Gasteiger partial charge < -0.3 is 9.14 Å². The molecule has 4 rings (SSSR count). The minimum absolute atomic E-state index is 0.100. The molecule has 0 aromatic carbocycles. The predicted octanol–water partition coefficient (Wildman–Crippen LogP) is 2.29. The van der Waals surface area contributed by atoms with Crippen molar-refractivity contribution in [1.82, 2.24) is 9.38 Å². The van der Waals surface area contributed by atoms with E-state index in [1.165, 1.54) is 18.5 Å². The van der Waals surface area contributed by atoms with E-state index in [9.17, 15) is 14.4 Å². The van der Waals surface area contributed by atoms with Gasteiger partial charge in [-0.1, -0.05) is 6.07 Å². The zero-order chi connectivity index (χ0) is 16.8. The van der Waals surface area contributed by atoms with Gasteiger partial charge in [-0.3, -0.25) is 14.6 Å². The van der Waals surface area contributed by atoms with Crippen LogP contribution in [-0.4, -0.2) is 33.5 Å². The van der Waals surface area contributed by atoms with Crippen LogP contribution in [0.15, 0.2) is 42.9 Å². The van der Waals surface area contributed by atoms with Gasteiger partial charge in [0.2, 0.25) is 5.78 Å². The Morgan fingerprint density at radius 2 is 2.00 bits per heavy atom. The monoisotopic (exact) mass is 320 g/mol. The molecule has 0 aliphatic heterocycles. The third kappa shape index (κ3) is 1.76. The molecule has 24 heavy (non-hydrogen) atoms. The lowest BCUT2D eigenvalue weighted by Crippen LogP contribution is -2.23. The molecule has 6 heteroatoms. The van der Waals surface area contributed by atoms with Gasteiger partial charge in [0.05, 0.1) is 28.8 Å². The van der Waals surface area contributed by atoms with Crippen LogP contribution in [0.2, 0.25) is 0 Å². The molecule has 118 valence electrons. The van der Waals surface area contributed by atoms with Crippen LogP contribution in [0, 0.1) is 0 Å². The average Bonchev–Trinajstić information content (AvgIpc) is 2.95. The number of ketones is 2. The highest BCUT2D eigenvalue weighted by Gasteiger charge is 2.38. The lowest BCUT2D eigenvalue weighted by Gasteiger charge is -2.14. The van der Waals surface area contributed by atoms with Gasteiger partial charge >= 0.3 is 5.97 Å². The normalized spacial score (nSPS) is 12.9. The van der Waals surface area contributed by atoms with Crippen LogP contribution >= 0.6 is 0 Å². The first-order valence-corrected chi connectivity index (χ1v) is 7.48. The van der Waals surface area contributed by atoms with E-state index in [2.05, 4.69) is 4.98 Å². The Hall–Kier alpha value is -3.28. The van der Waals surface area contributed by atoms with Gasteiger partial charge in [-0.05, 0) is 25.1 Å². The highest BCUT2D eigenvalue weighted by molar-refractivity contribution is 6.31. The zero-order valence-electron chi connectivity index (χ0n) is 12.8. The molecule has 0 unspecified atom stereocenters. The second-order valence-corrected chi connectivity index (χ2v) is 5.35. The summed E-state index contributed by atoms with van der Waals surface area (Å²) in [5.41, 5.74) is 1.39. The maximum Gasteiger partial charge on any atom is 0.341 e. The molecule has 0 atom stereocenters. The average molecular weight is 320 g/mol. The Morgan fingerprint density at radius 3 is 2.79 bits per heavy atom. The van der Waals surface area contributed by atoms with Gasteiger partial charge in [0.1, 0.15) is 5.69 Å². The number of ether oxygens (including phenoxy) is 1. The molecule has 0 radical (unpaired) electrons. The van der Waals surface area contributed by atoms with Crippen molar-refractivity contribution in [2.75, 3.05) is 6.61 Å². The van der Waals surface area contributed by atoms with E-state index in [0.29, 0.717) is 5.52 Å². The van der Waals surface area contributed by atoms with E-state index in [-0.39, 0.29) is 46.1 Å². The number of rotatable bonds is 2. The summed E-state index contributed by atoms with van der Waals surface area (Å²) in [7, 11) is 0. The smallest absolute Gasteiger partial charge is 0.341 e. The summed E-state index contributed by atoms with van der Waals surface area (Å²) < 4.78 is 6.67. The van der Waals surface area contributed by atoms with E-state index in [1.54, 1.807) is 35.7 Å². The molecular weight excluding hydrogens is 308 g/mol. The van der Waals surface area contributed by atoms with Gasteiger partial charge in [-0.25, -0.2) is 4.79 Å². The summed E-state index contributed by atoms with van der Waals surface area (Å²) in [6.45, 7) is 1.87. The van der Waals surface area contributed by atoms with Crippen LogP contribution in [0.3, 0.4) is 0 Å². The number of nitrogens with zero attached hydrogens (tertiary/aromatic N) is 2. The SMILES string of the molecule is CCOC(=O)c1c2c(n3ccccc13)C(=O)c1cnccc1C2=O. The van der Waals surface area contributed by atoms with Crippen molar-refractivity contribution >= 4 is 23.1 Å². The minimum Gasteiger partial charge on any atom is -0.462 e. The van der Waals surface area contributed by atoms with Crippen molar-refractivity contribution in [1.29, 1.82) is 0 Å². The number of pyridine rings is 2. The summed E-state index contributed by atoms with van der Waals surface area (Å²) in [4.78, 5) is 42.2. The Labute approximate surface area is 136 Å². The van der Waals surface area contributed by atoms with Crippen molar-refractivity contribution in [3.63, 3.8) is 0 Å². The predicted molar refractivity (Wildman–Crippen MR) is 84.5 cm³/mol. The Balaban J connectivity index is 2.11. The molecule has 0 bridgehead atoms. The topological polar surface area (TPSA) is 77.7 Å². The second-order valence-electron chi connectivity index (χ2n) is 5.35. The number of carbonyl (C=O) groups is 3. The molecule has 0 N–H and O–H groups in total. The van der Waals surface area contributed by atoms with Gasteiger partial charge in [-0.2, -0.15) is 0 Å². The summed E-state index contributed by atoms with van der Waals surface area (Å²) in [6, 6.07) is 6.66. The molecule has 1 aliphatic rings. The quantitative estimate of drug-likeness (QED) is 0.530. The van der Waals surface area contributed by atoms with E-state index in [0.717, 1.165) is 0 Å². The highest BCUT2D eigenvalue weighted by Crippen LogP contribution is 2.33. The molecule has 0 spiro atoms. The maximum atomic E-state index is 13.0. The third-order valence-electron chi connectivity index (χ3n) is 4.08. The molecule has 0 saturated heterocycles. The molecule has 3 heterocycles. The van der Waals surface area contributed by atoms with Crippen LogP contribution in [-0.2, 0) is 4.74 Å². The summed E-state index contributed by atoms with van der Waals surface area (Å²) >= 11 is 0. The Morgan fingerprint density at radius 1 is 1.17 bits per heavy atom. The Bertz CT molecular complexity index is 1030. The number of carbonyl (C=O) groups excluding carboxylic acids is 3. The number of aromatic nitrogens is 2. The van der Waals surface area contributed by atoms with E-state index >= 15 is 0 Å². The van der Waals surface area contributed by atoms with Crippen molar-refractivity contribution in [2.24, 2.45) is 0 Å². The fourth-order valence-corrected chi connectivity index (χ4v) is 3.10. The van der Waals surface area contributed by atoms with E-state index in [4.69, 9.17) is 4.74 Å². The molecular formula is C18H12N2O4. The number of esters is 1. The van der Waals surface area contributed by atoms with Crippen LogP contribution in [0.4, 0.5) is 0 Å². The molecule has 3 aromatic heterocycles. The highest BCUT2D eigenvalue weighted by atomic mass is 16.5. The molecule has 0 fully saturated rings. The molecule has 3 aromatic rings. The van der Waals surface area contributed by atoms with E-state index in [1.807, 2.05) is 0 Å². The number of fused-ring (bicyclic) bond motifs is 4. The second kappa shape index (κ2) is 5.13. The number of hydrogen-bond acceptors (Lipinski definition) is 5. The van der Waals surface area contributed by atoms with Gasteiger partial charge in [0.25, 0.3) is 0 Å². The minimum atomic E-state index is -0.610. The number of hydrogen-bond donors (Lipinski definition) is 0. The first-order valence-electron chi connectivity index (χ1n) is 7.48. The molecule has 0 saturated carbocycles. The molecule has 0 amide bonds. The van der Waals surface area contributed by atoms with Crippen LogP contribution in [0.25, 0.3) is 5.52 Å². The van der Waals surface area contributed by atoms with Gasteiger partial charge in [0.15, 0.2) is 5.78 Å². The zero-order valence-corrected chi connectivity index (χ0v) is 12.8. The lowest BCUT2D eigenvalue weighted by molar-refractivity contribution is 0.0526. The molecule has 6 nitrogen and oxygen atoms in total. The van der Waals surface area contributed by atoms with E-state index < -0.39 is 5.97 Å². The largest absolute Gasteiger partial charge is 0.462 e. The van der Waals surface area contributed by atoms with Crippen molar-refractivity contribution in [3.8, 4) is 0 Å². The van der Waals surface area contributed by atoms with Crippen molar-refractivity contribution in [2.45, 2.75) is 6.92 Å². The summed E-state index contributed by atoms with van der Waals surface area (Å²) in [6.07, 6.45) is 4.49. The fourth-order valence-electron chi connectivity index (χ4n) is 3.10. The first kappa shape index (κ1) is 14.3. The first-order chi connectivity index (χ1) is 11.6. The summed E-state index contributed by atoms with van der Waals surface area (Å²) in [5, 5.41) is 0.